The van der Waals surface area contributed by atoms with Gasteiger partial charge in [-0.2, -0.15) is 13.2 Å². The van der Waals surface area contributed by atoms with Gasteiger partial charge < -0.3 is 0 Å². The molecule has 0 aliphatic rings. The summed E-state index contributed by atoms with van der Waals surface area (Å²) in [4.78, 5) is 10.7. The van der Waals surface area contributed by atoms with Crippen LogP contribution in [0.1, 0.15) is 10.4 Å². The predicted molar refractivity (Wildman–Crippen MR) is 49.5 cm³/mol. The smallest absolute Gasteiger partial charge is 0.284 e. The maximum absolute atomic E-state index is 13.0. The Hall–Kier alpha value is -0.620. The van der Waals surface area contributed by atoms with E-state index in [-0.39, 0.29) is 9.50 Å². The number of Topliss-reactive ketones (excluding diaryl/α,β-unsaturated/α-hetero) is 1. The second-order valence-corrected chi connectivity index (χ2v) is 3.83. The molecule has 0 radical (unpaired) electrons. The van der Waals surface area contributed by atoms with Crippen molar-refractivity contribution in [2.45, 2.75) is 6.18 Å². The summed E-state index contributed by atoms with van der Waals surface area (Å²) in [6, 6.07) is 1.35. The van der Waals surface area contributed by atoms with Crippen LogP contribution >= 0.6 is 27.5 Å². The van der Waals surface area contributed by atoms with Gasteiger partial charge in [0.15, 0.2) is 0 Å². The minimum atomic E-state index is -5.10. The first-order valence-electron chi connectivity index (χ1n) is 3.49. The summed E-state index contributed by atoms with van der Waals surface area (Å²) >= 11 is 8.22. The summed E-state index contributed by atoms with van der Waals surface area (Å²) in [7, 11) is 0. The molecule has 7 heteroatoms. The second-order valence-electron chi connectivity index (χ2n) is 2.57. The zero-order chi connectivity index (χ0) is 11.8. The van der Waals surface area contributed by atoms with Crippen LogP contribution in [0, 0.1) is 5.82 Å². The Balaban J connectivity index is 3.28. The number of carbonyl (C=O) groups excluding carboxylic acids is 1. The Bertz CT molecular complexity index is 416. The molecule has 1 aromatic carbocycles. The van der Waals surface area contributed by atoms with E-state index in [9.17, 15) is 22.4 Å². The van der Waals surface area contributed by atoms with Gasteiger partial charge in [-0.15, -0.1) is 0 Å². The zero-order valence-electron chi connectivity index (χ0n) is 6.83. The van der Waals surface area contributed by atoms with Gasteiger partial charge in [0.1, 0.15) is 5.82 Å². The first-order valence-corrected chi connectivity index (χ1v) is 4.66. The van der Waals surface area contributed by atoms with Gasteiger partial charge >= 0.3 is 6.18 Å². The minimum absolute atomic E-state index is 0.0261. The molecule has 0 spiro atoms. The standard InChI is InChI=1S/C8H2BrClF4O/c9-4-1-3(6(11)2-5(4)10)7(15)8(12,13)14/h1-2H. The first kappa shape index (κ1) is 12.4. The van der Waals surface area contributed by atoms with E-state index in [0.29, 0.717) is 12.1 Å². The fourth-order valence-corrected chi connectivity index (χ4v) is 1.34. The molecule has 82 valence electrons. The van der Waals surface area contributed by atoms with Crippen LogP contribution in [0.4, 0.5) is 17.6 Å². The van der Waals surface area contributed by atoms with Crippen LogP contribution in [0.25, 0.3) is 0 Å². The van der Waals surface area contributed by atoms with Crippen molar-refractivity contribution in [3.63, 3.8) is 0 Å². The first-order chi connectivity index (χ1) is 6.73. The van der Waals surface area contributed by atoms with Crippen LogP contribution in [0.5, 0.6) is 0 Å². The van der Waals surface area contributed by atoms with E-state index in [4.69, 9.17) is 11.6 Å². The Morgan fingerprint density at radius 3 is 2.33 bits per heavy atom. The number of carbonyl (C=O) groups is 1. The Labute approximate surface area is 95.2 Å². The Morgan fingerprint density at radius 1 is 1.33 bits per heavy atom. The van der Waals surface area contributed by atoms with Gasteiger partial charge in [0.05, 0.1) is 10.6 Å². The van der Waals surface area contributed by atoms with E-state index in [1.807, 2.05) is 0 Å². The van der Waals surface area contributed by atoms with Gasteiger partial charge in [-0.05, 0) is 28.1 Å². The molecule has 1 nitrogen and oxygen atoms in total. The van der Waals surface area contributed by atoms with Gasteiger partial charge in [0.25, 0.3) is 5.78 Å². The van der Waals surface area contributed by atoms with Crippen molar-refractivity contribution < 1.29 is 22.4 Å². The van der Waals surface area contributed by atoms with Gasteiger partial charge in [0, 0.05) is 4.47 Å². The highest BCUT2D eigenvalue weighted by Crippen LogP contribution is 2.29. The van der Waals surface area contributed by atoms with Gasteiger partial charge in [-0.3, -0.25) is 4.79 Å². The molecule has 15 heavy (non-hydrogen) atoms. The number of rotatable bonds is 1. The van der Waals surface area contributed by atoms with E-state index in [1.165, 1.54) is 0 Å². The number of halogens is 6. The number of hydrogen-bond donors (Lipinski definition) is 0. The molecule has 0 fully saturated rings. The molecule has 0 unspecified atom stereocenters. The maximum atomic E-state index is 13.0. The third-order valence-corrected chi connectivity index (χ3v) is 2.71. The third-order valence-electron chi connectivity index (χ3n) is 1.51. The Morgan fingerprint density at radius 2 is 1.87 bits per heavy atom. The molecule has 0 saturated heterocycles. The molecular weight excluding hydrogens is 303 g/mol. The topological polar surface area (TPSA) is 17.1 Å². The number of alkyl halides is 3. The van der Waals surface area contributed by atoms with Crippen molar-refractivity contribution >= 4 is 33.3 Å². The summed E-state index contributed by atoms with van der Waals surface area (Å²) in [5.41, 5.74) is -1.06. The van der Waals surface area contributed by atoms with Crippen molar-refractivity contribution in [1.82, 2.24) is 0 Å². The van der Waals surface area contributed by atoms with E-state index in [0.717, 1.165) is 0 Å². The van der Waals surface area contributed by atoms with E-state index < -0.39 is 23.3 Å². The summed E-state index contributed by atoms with van der Waals surface area (Å²) in [6.45, 7) is 0. The van der Waals surface area contributed by atoms with Gasteiger partial charge in [-0.25, -0.2) is 4.39 Å². The quantitative estimate of drug-likeness (QED) is 0.436. The number of benzene rings is 1. The van der Waals surface area contributed by atoms with Gasteiger partial charge in [0.2, 0.25) is 0 Å². The number of ketones is 1. The SMILES string of the molecule is O=C(c1cc(Br)c(Cl)cc1F)C(F)(F)F. The molecular formula is C8H2BrClF4O. The highest BCUT2D eigenvalue weighted by atomic mass is 79.9. The lowest BCUT2D eigenvalue weighted by atomic mass is 10.1. The van der Waals surface area contributed by atoms with Crippen LogP contribution in [0.15, 0.2) is 16.6 Å². The van der Waals surface area contributed by atoms with Gasteiger partial charge in [-0.1, -0.05) is 11.6 Å². The van der Waals surface area contributed by atoms with Crippen LogP contribution in [-0.2, 0) is 0 Å². The lowest BCUT2D eigenvalue weighted by Gasteiger charge is -2.07. The molecule has 0 N–H and O–H groups in total. The normalized spacial score (nSPS) is 11.6. The minimum Gasteiger partial charge on any atom is -0.284 e. The molecule has 0 aromatic heterocycles. The lowest BCUT2D eigenvalue weighted by Crippen LogP contribution is -2.23. The largest absolute Gasteiger partial charge is 0.454 e. The van der Waals surface area contributed by atoms with Crippen molar-refractivity contribution in [3.05, 3.63) is 33.0 Å². The van der Waals surface area contributed by atoms with Crippen molar-refractivity contribution in [3.8, 4) is 0 Å². The monoisotopic (exact) mass is 304 g/mol. The maximum Gasteiger partial charge on any atom is 0.454 e. The summed E-state index contributed by atoms with van der Waals surface area (Å²) in [5.74, 6) is -3.54. The Kier molecular flexibility index (Phi) is 3.40. The molecule has 0 aliphatic carbocycles. The average molecular weight is 305 g/mol. The van der Waals surface area contributed by atoms with Crippen LogP contribution in [-0.4, -0.2) is 12.0 Å². The molecule has 0 atom stereocenters. The average Bonchev–Trinajstić information content (AvgIpc) is 2.08. The van der Waals surface area contributed by atoms with Crippen molar-refractivity contribution in [2.24, 2.45) is 0 Å². The third kappa shape index (κ3) is 2.69. The lowest BCUT2D eigenvalue weighted by molar-refractivity contribution is -0.0887. The summed E-state index contributed by atoms with van der Waals surface area (Å²) < 4.78 is 49.0. The van der Waals surface area contributed by atoms with Crippen molar-refractivity contribution in [1.29, 1.82) is 0 Å². The van der Waals surface area contributed by atoms with E-state index >= 15 is 0 Å². The fourth-order valence-electron chi connectivity index (χ4n) is 0.849. The number of hydrogen-bond acceptors (Lipinski definition) is 1. The van der Waals surface area contributed by atoms with E-state index in [2.05, 4.69) is 15.9 Å². The molecule has 0 aliphatic heterocycles. The molecule has 0 bridgehead atoms. The van der Waals surface area contributed by atoms with Crippen LogP contribution < -0.4 is 0 Å². The molecule has 1 aromatic rings. The molecule has 1 rings (SSSR count). The molecule has 0 amide bonds. The molecule has 0 saturated carbocycles. The molecule has 0 heterocycles. The summed E-state index contributed by atoms with van der Waals surface area (Å²) in [5, 5.41) is -0.105. The second kappa shape index (κ2) is 4.09. The zero-order valence-corrected chi connectivity index (χ0v) is 9.17. The highest BCUT2D eigenvalue weighted by Gasteiger charge is 2.40. The highest BCUT2D eigenvalue weighted by molar-refractivity contribution is 9.10. The predicted octanol–water partition coefficient (Wildman–Crippen LogP) is 3.99. The van der Waals surface area contributed by atoms with Crippen LogP contribution in [0.2, 0.25) is 5.02 Å². The fraction of sp³-hybridized carbons (Fsp3) is 0.125. The van der Waals surface area contributed by atoms with Crippen molar-refractivity contribution in [2.75, 3.05) is 0 Å². The summed E-state index contributed by atoms with van der Waals surface area (Å²) in [6.07, 6.45) is -5.10. The van der Waals surface area contributed by atoms with E-state index in [1.54, 1.807) is 0 Å². The van der Waals surface area contributed by atoms with Crippen LogP contribution in [0.3, 0.4) is 0 Å².